The van der Waals surface area contributed by atoms with Gasteiger partial charge in [0.15, 0.2) is 0 Å². The van der Waals surface area contributed by atoms with Crippen molar-refractivity contribution in [1.29, 1.82) is 0 Å². The highest BCUT2D eigenvalue weighted by Gasteiger charge is 2.21. The van der Waals surface area contributed by atoms with Gasteiger partial charge in [0.05, 0.1) is 0 Å². The molecule has 0 aliphatic carbocycles. The van der Waals surface area contributed by atoms with Gasteiger partial charge in [0.2, 0.25) is 0 Å². The van der Waals surface area contributed by atoms with E-state index in [1.165, 1.54) is 11.3 Å². The van der Waals surface area contributed by atoms with Crippen LogP contribution in [0.3, 0.4) is 0 Å². The van der Waals surface area contributed by atoms with Crippen molar-refractivity contribution in [2.75, 3.05) is 0 Å². The van der Waals surface area contributed by atoms with Gasteiger partial charge in [0.25, 0.3) is 0 Å². The van der Waals surface area contributed by atoms with E-state index in [4.69, 9.17) is 0 Å². The average molecular weight is 196 g/mol. The van der Waals surface area contributed by atoms with E-state index in [1.807, 2.05) is 0 Å². The summed E-state index contributed by atoms with van der Waals surface area (Å²) in [7, 11) is 0. The molecule has 82 valence electrons. The zero-order valence-corrected chi connectivity index (χ0v) is 10.4. The summed E-state index contributed by atoms with van der Waals surface area (Å²) in [5, 5.41) is 3.73. The van der Waals surface area contributed by atoms with Crippen LogP contribution in [0.25, 0.3) is 0 Å². The Kier molecular flexibility index (Phi) is 4.89. The fourth-order valence-corrected chi connectivity index (χ4v) is 1.07. The molecule has 2 heteroatoms. The molecule has 0 aromatic rings. The fourth-order valence-electron chi connectivity index (χ4n) is 1.07. The Morgan fingerprint density at radius 1 is 1.36 bits per heavy atom. The lowest BCUT2D eigenvalue weighted by Gasteiger charge is -2.28. The van der Waals surface area contributed by atoms with Crippen molar-refractivity contribution < 1.29 is 0 Å². The van der Waals surface area contributed by atoms with Crippen LogP contribution in [0.4, 0.5) is 0 Å². The summed E-state index contributed by atoms with van der Waals surface area (Å²) < 4.78 is 0. The van der Waals surface area contributed by atoms with E-state index in [0.717, 1.165) is 6.42 Å². The highest BCUT2D eigenvalue weighted by Crippen LogP contribution is 2.30. The normalized spacial score (nSPS) is 13.3. The van der Waals surface area contributed by atoms with Gasteiger partial charge in [-0.25, -0.2) is 0 Å². The first-order valence-electron chi connectivity index (χ1n) is 5.17. The van der Waals surface area contributed by atoms with Crippen molar-refractivity contribution in [3.63, 3.8) is 0 Å². The first-order chi connectivity index (χ1) is 6.29. The van der Waals surface area contributed by atoms with E-state index < -0.39 is 0 Å². The van der Waals surface area contributed by atoms with E-state index in [0.29, 0.717) is 11.3 Å². The van der Waals surface area contributed by atoms with Gasteiger partial charge in [-0.3, -0.25) is 5.43 Å². The Morgan fingerprint density at radius 2 is 1.86 bits per heavy atom. The number of hydrogen-bond acceptors (Lipinski definition) is 2. The standard InChI is InChI=1S/C12H24N2/c1-9(2)11(14-13-7)8-10(3)12(4,5)6/h10,14H,7-8H2,1-6H3. The molecule has 0 rings (SSSR count). The molecule has 0 aliphatic rings. The lowest BCUT2D eigenvalue weighted by Crippen LogP contribution is -2.21. The first-order valence-corrected chi connectivity index (χ1v) is 5.17. The molecule has 14 heavy (non-hydrogen) atoms. The molecule has 0 saturated heterocycles. The minimum atomic E-state index is 0.337. The number of rotatable bonds is 4. The van der Waals surface area contributed by atoms with Crippen molar-refractivity contribution in [2.24, 2.45) is 16.4 Å². The van der Waals surface area contributed by atoms with Gasteiger partial charge in [0, 0.05) is 12.4 Å². The zero-order chi connectivity index (χ0) is 11.4. The Morgan fingerprint density at radius 3 is 2.14 bits per heavy atom. The van der Waals surface area contributed by atoms with Crippen LogP contribution in [0.2, 0.25) is 0 Å². The molecule has 0 bridgehead atoms. The predicted octanol–water partition coefficient (Wildman–Crippen LogP) is 3.56. The van der Waals surface area contributed by atoms with Gasteiger partial charge in [-0.05, 0) is 31.6 Å². The van der Waals surface area contributed by atoms with Gasteiger partial charge in [-0.15, -0.1) is 0 Å². The largest absolute Gasteiger partial charge is 0.283 e. The first kappa shape index (κ1) is 13.2. The summed E-state index contributed by atoms with van der Waals surface area (Å²) in [4.78, 5) is 0. The molecule has 1 unspecified atom stereocenters. The second-order valence-electron chi connectivity index (χ2n) is 5.22. The van der Waals surface area contributed by atoms with Crippen molar-refractivity contribution in [1.82, 2.24) is 5.43 Å². The molecule has 0 aliphatic heterocycles. The molecular formula is C12H24N2. The van der Waals surface area contributed by atoms with Crippen molar-refractivity contribution in [3.8, 4) is 0 Å². The van der Waals surface area contributed by atoms with Crippen LogP contribution >= 0.6 is 0 Å². The van der Waals surface area contributed by atoms with Crippen molar-refractivity contribution >= 4 is 6.72 Å². The van der Waals surface area contributed by atoms with E-state index in [-0.39, 0.29) is 0 Å². The Hall–Kier alpha value is -0.790. The monoisotopic (exact) mass is 196 g/mol. The number of hydrazone groups is 1. The molecule has 0 fully saturated rings. The third kappa shape index (κ3) is 4.45. The van der Waals surface area contributed by atoms with E-state index in [1.54, 1.807) is 0 Å². The Bertz CT molecular complexity index is 217. The van der Waals surface area contributed by atoms with Crippen molar-refractivity contribution in [2.45, 2.75) is 48.0 Å². The summed E-state index contributed by atoms with van der Waals surface area (Å²) in [6.07, 6.45) is 1.03. The Labute approximate surface area is 88.5 Å². The summed E-state index contributed by atoms with van der Waals surface area (Å²) >= 11 is 0. The highest BCUT2D eigenvalue weighted by atomic mass is 15.3. The fraction of sp³-hybridized carbons (Fsp3) is 0.750. The summed E-state index contributed by atoms with van der Waals surface area (Å²) in [5.74, 6) is 0.627. The van der Waals surface area contributed by atoms with Crippen LogP contribution in [0, 0.1) is 11.3 Å². The molecule has 0 spiro atoms. The molecule has 0 amide bonds. The molecule has 0 radical (unpaired) electrons. The van der Waals surface area contributed by atoms with Crippen LogP contribution in [0.15, 0.2) is 16.4 Å². The van der Waals surface area contributed by atoms with Crippen LogP contribution < -0.4 is 5.43 Å². The van der Waals surface area contributed by atoms with Gasteiger partial charge in [0.1, 0.15) is 0 Å². The third-order valence-electron chi connectivity index (χ3n) is 2.81. The second-order valence-corrected chi connectivity index (χ2v) is 5.22. The summed E-state index contributed by atoms with van der Waals surface area (Å²) in [5.41, 5.74) is 5.80. The second kappa shape index (κ2) is 5.18. The van der Waals surface area contributed by atoms with Crippen LogP contribution in [-0.4, -0.2) is 6.72 Å². The number of nitrogens with zero attached hydrogens (tertiary/aromatic N) is 1. The molecule has 1 atom stereocenters. The minimum absolute atomic E-state index is 0.337. The summed E-state index contributed by atoms with van der Waals surface area (Å²) in [6.45, 7) is 16.7. The lowest BCUT2D eigenvalue weighted by atomic mass is 9.79. The maximum atomic E-state index is 3.73. The smallest absolute Gasteiger partial charge is 0.0325 e. The van der Waals surface area contributed by atoms with Crippen LogP contribution in [0.5, 0.6) is 0 Å². The van der Waals surface area contributed by atoms with Crippen LogP contribution in [-0.2, 0) is 0 Å². The lowest BCUT2D eigenvalue weighted by molar-refractivity contribution is 0.256. The molecule has 1 N–H and O–H groups in total. The number of allylic oxidation sites excluding steroid dienone is 2. The maximum absolute atomic E-state index is 3.73. The SMILES string of the molecule is C=NNC(CC(C)C(C)(C)C)=C(C)C. The predicted molar refractivity (Wildman–Crippen MR) is 64.3 cm³/mol. The van der Waals surface area contributed by atoms with E-state index in [2.05, 4.69) is 58.8 Å². The Balaban J connectivity index is 4.48. The topological polar surface area (TPSA) is 24.4 Å². The number of hydrogen-bond donors (Lipinski definition) is 1. The van der Waals surface area contributed by atoms with Gasteiger partial charge in [-0.2, -0.15) is 5.10 Å². The number of nitrogens with one attached hydrogen (secondary N) is 1. The molecule has 0 aromatic heterocycles. The quantitative estimate of drug-likeness (QED) is 0.539. The van der Waals surface area contributed by atoms with Gasteiger partial charge < -0.3 is 0 Å². The zero-order valence-electron chi connectivity index (χ0n) is 10.4. The molecule has 0 aromatic carbocycles. The highest BCUT2D eigenvalue weighted by molar-refractivity contribution is 5.23. The maximum Gasteiger partial charge on any atom is 0.0325 e. The summed E-state index contributed by atoms with van der Waals surface area (Å²) in [6, 6.07) is 0. The minimum Gasteiger partial charge on any atom is -0.283 e. The van der Waals surface area contributed by atoms with E-state index >= 15 is 0 Å². The van der Waals surface area contributed by atoms with E-state index in [9.17, 15) is 0 Å². The van der Waals surface area contributed by atoms with Gasteiger partial charge in [-0.1, -0.05) is 33.3 Å². The third-order valence-corrected chi connectivity index (χ3v) is 2.81. The molecular weight excluding hydrogens is 172 g/mol. The average Bonchev–Trinajstić information content (AvgIpc) is 2.01. The molecule has 0 saturated carbocycles. The molecule has 2 nitrogen and oxygen atoms in total. The molecule has 0 heterocycles. The van der Waals surface area contributed by atoms with Crippen LogP contribution in [0.1, 0.15) is 48.0 Å². The van der Waals surface area contributed by atoms with Gasteiger partial charge >= 0.3 is 0 Å². The van der Waals surface area contributed by atoms with Crippen molar-refractivity contribution in [3.05, 3.63) is 11.3 Å².